The van der Waals surface area contributed by atoms with Crippen LogP contribution in [0.25, 0.3) is 0 Å². The van der Waals surface area contributed by atoms with E-state index < -0.39 is 64.8 Å². The summed E-state index contributed by atoms with van der Waals surface area (Å²) in [5.74, 6) is -4.03. The quantitative estimate of drug-likeness (QED) is 0.0516. The number of carbonyl (C=O) groups excluding carboxylic acids is 4. The number of rotatable bonds is 37. The number of hydrogen-bond acceptors (Lipinski definition) is 19. The molecule has 0 unspecified atom stereocenters. The van der Waals surface area contributed by atoms with Gasteiger partial charge in [0, 0.05) is 45.8 Å². The van der Waals surface area contributed by atoms with Crippen molar-refractivity contribution in [3.8, 4) is 0 Å². The van der Waals surface area contributed by atoms with Crippen LogP contribution in [0, 0.1) is 0 Å². The zero-order valence-corrected chi connectivity index (χ0v) is 42.1. The summed E-state index contributed by atoms with van der Waals surface area (Å²) < 4.78 is 49.7. The van der Waals surface area contributed by atoms with Crippen LogP contribution in [0.15, 0.2) is 0 Å². The molecule has 0 aromatic heterocycles. The molecule has 21 heteroatoms. The highest BCUT2D eigenvalue weighted by Gasteiger charge is 2.26. The van der Waals surface area contributed by atoms with Gasteiger partial charge in [0.1, 0.15) is 22.4 Å². The van der Waals surface area contributed by atoms with Crippen LogP contribution in [-0.4, -0.2) is 233 Å². The van der Waals surface area contributed by atoms with E-state index in [1.165, 1.54) is 4.90 Å². The van der Waals surface area contributed by atoms with Gasteiger partial charge in [-0.15, -0.1) is 0 Å². The molecule has 66 heavy (non-hydrogen) atoms. The first-order valence-electron chi connectivity index (χ1n) is 22.6. The fourth-order valence-corrected chi connectivity index (χ4v) is 5.62. The van der Waals surface area contributed by atoms with Gasteiger partial charge >= 0.3 is 35.8 Å². The van der Waals surface area contributed by atoms with Crippen molar-refractivity contribution in [2.75, 3.05) is 145 Å². The number of esters is 4. The molecule has 2 N–H and O–H groups in total. The third kappa shape index (κ3) is 41.9. The van der Waals surface area contributed by atoms with Gasteiger partial charge in [-0.3, -0.25) is 48.4 Å². The number of carbonyl (C=O) groups is 6. The van der Waals surface area contributed by atoms with E-state index in [0.29, 0.717) is 72.5 Å². The molecule has 0 saturated heterocycles. The molecule has 0 spiro atoms. The summed E-state index contributed by atoms with van der Waals surface area (Å²) in [5.41, 5.74) is -2.98. The van der Waals surface area contributed by atoms with Crippen LogP contribution < -0.4 is 0 Å². The number of aliphatic carboxylic acids is 2. The molecular weight excluding hydrogens is 869 g/mol. The number of carboxylic acid groups (broad SMARTS) is 2. The predicted octanol–water partition coefficient (Wildman–Crippen LogP) is 2.20. The Bertz CT molecular complexity index is 1410. The molecular formula is C45H84N4O17. The van der Waals surface area contributed by atoms with Crippen molar-refractivity contribution >= 4 is 35.8 Å². The van der Waals surface area contributed by atoms with Crippen molar-refractivity contribution in [3.05, 3.63) is 0 Å². The Labute approximate surface area is 392 Å². The molecule has 0 aliphatic carbocycles. The fourth-order valence-electron chi connectivity index (χ4n) is 5.62. The lowest BCUT2D eigenvalue weighted by Crippen LogP contribution is -2.47. The Hall–Kier alpha value is -3.54. The van der Waals surface area contributed by atoms with Gasteiger partial charge in [0.15, 0.2) is 0 Å². The normalized spacial score (nSPS) is 12.5. The van der Waals surface area contributed by atoms with Crippen LogP contribution >= 0.6 is 0 Å². The summed E-state index contributed by atoms with van der Waals surface area (Å²) in [5, 5.41) is 18.2. The summed E-state index contributed by atoms with van der Waals surface area (Å²) in [4.78, 5) is 81.1. The van der Waals surface area contributed by atoms with Crippen molar-refractivity contribution in [2.45, 2.75) is 112 Å². The molecule has 0 aromatic rings. The zero-order chi connectivity index (χ0) is 50.4. The maximum atomic E-state index is 13.2. The molecule has 0 rings (SSSR count). The minimum atomic E-state index is -1.13. The minimum absolute atomic E-state index is 0.0436. The van der Waals surface area contributed by atoms with E-state index in [2.05, 4.69) is 0 Å². The zero-order valence-electron chi connectivity index (χ0n) is 42.1. The molecule has 0 aromatic carbocycles. The second-order valence-corrected chi connectivity index (χ2v) is 19.5. The van der Waals surface area contributed by atoms with Gasteiger partial charge < -0.3 is 52.8 Å². The standard InChI is InChI=1S/C45H84N4O17/c1-42(2,3)63-38(54)32-46(14-15-47(33-39(55)64-43(4,5)6)18-19-49(31-37(52)53)35-41(57)66-45(10,11)12)16-17-48(34-40(56)65-44(7,8)9)20-22-59-24-26-61-28-30-62-29-27-60-25-23-58-21-13-36(50)51/h13-35H2,1-12H3,(H,50,51)(H,52,53). The average molecular weight is 953 g/mol. The van der Waals surface area contributed by atoms with Gasteiger partial charge in [0.05, 0.1) is 105 Å². The second kappa shape index (κ2) is 33.0. The molecule has 0 aliphatic rings. The summed E-state index contributed by atoms with van der Waals surface area (Å²) in [6.45, 7) is 25.0. The van der Waals surface area contributed by atoms with E-state index in [1.54, 1.807) is 88.0 Å². The SMILES string of the molecule is CC(C)(C)OC(=O)CN(CCOCCOCCOCCOCCOCCC(=O)O)CCN(CCN(CCN(CC(=O)O)CC(=O)OC(C)(C)C)CC(=O)OC(C)(C)C)CC(=O)OC(C)(C)C. The molecule has 0 amide bonds. The van der Waals surface area contributed by atoms with Gasteiger partial charge in [-0.1, -0.05) is 0 Å². The van der Waals surface area contributed by atoms with E-state index in [4.69, 9.17) is 47.7 Å². The van der Waals surface area contributed by atoms with Crippen LogP contribution in [0.2, 0.25) is 0 Å². The van der Waals surface area contributed by atoms with E-state index in [9.17, 15) is 33.9 Å². The van der Waals surface area contributed by atoms with Crippen LogP contribution in [0.4, 0.5) is 0 Å². The molecule has 0 heterocycles. The smallest absolute Gasteiger partial charge is 0.320 e. The lowest BCUT2D eigenvalue weighted by atomic mass is 10.2. The van der Waals surface area contributed by atoms with Gasteiger partial charge in [0.2, 0.25) is 0 Å². The van der Waals surface area contributed by atoms with Crippen molar-refractivity contribution in [1.29, 1.82) is 0 Å². The van der Waals surface area contributed by atoms with Crippen molar-refractivity contribution < 1.29 is 81.6 Å². The van der Waals surface area contributed by atoms with Gasteiger partial charge in [0.25, 0.3) is 0 Å². The Morgan fingerprint density at radius 2 is 0.561 bits per heavy atom. The predicted molar refractivity (Wildman–Crippen MR) is 243 cm³/mol. The Balaban J connectivity index is 5.68. The maximum Gasteiger partial charge on any atom is 0.320 e. The second-order valence-electron chi connectivity index (χ2n) is 19.5. The number of nitrogens with zero attached hydrogens (tertiary/aromatic N) is 4. The highest BCUT2D eigenvalue weighted by atomic mass is 16.6. The topological polar surface area (TPSA) is 239 Å². The highest BCUT2D eigenvalue weighted by molar-refractivity contribution is 5.75. The third-order valence-corrected chi connectivity index (χ3v) is 8.15. The fraction of sp³-hybridized carbons (Fsp3) is 0.867. The number of ether oxygens (including phenoxy) is 9. The molecule has 0 atom stereocenters. The summed E-state index contributed by atoms with van der Waals surface area (Å²) in [6.07, 6.45) is -0.0502. The molecule has 0 saturated carbocycles. The minimum Gasteiger partial charge on any atom is -0.481 e. The van der Waals surface area contributed by atoms with Crippen LogP contribution in [0.1, 0.15) is 89.5 Å². The van der Waals surface area contributed by atoms with Crippen molar-refractivity contribution in [3.63, 3.8) is 0 Å². The first-order chi connectivity index (χ1) is 30.5. The molecule has 0 bridgehead atoms. The summed E-state index contributed by atoms with van der Waals surface area (Å²) in [7, 11) is 0. The van der Waals surface area contributed by atoms with E-state index in [0.717, 1.165) is 0 Å². The Morgan fingerprint density at radius 1 is 0.318 bits per heavy atom. The molecule has 0 aliphatic heterocycles. The first kappa shape index (κ1) is 62.5. The highest BCUT2D eigenvalue weighted by Crippen LogP contribution is 2.12. The van der Waals surface area contributed by atoms with Crippen LogP contribution in [-0.2, 0) is 71.4 Å². The third-order valence-electron chi connectivity index (χ3n) is 8.15. The summed E-state index contributed by atoms with van der Waals surface area (Å²) in [6, 6.07) is 0. The first-order valence-corrected chi connectivity index (χ1v) is 22.6. The van der Waals surface area contributed by atoms with Gasteiger partial charge in [-0.2, -0.15) is 0 Å². The largest absolute Gasteiger partial charge is 0.481 e. The van der Waals surface area contributed by atoms with Gasteiger partial charge in [-0.05, 0) is 83.1 Å². The number of hydrogen-bond donors (Lipinski definition) is 2. The molecule has 0 radical (unpaired) electrons. The van der Waals surface area contributed by atoms with E-state index in [1.807, 2.05) is 9.80 Å². The lowest BCUT2D eigenvalue weighted by molar-refractivity contribution is -0.159. The number of carboxylic acids is 2. The monoisotopic (exact) mass is 953 g/mol. The van der Waals surface area contributed by atoms with E-state index >= 15 is 0 Å². The van der Waals surface area contributed by atoms with Crippen LogP contribution in [0.5, 0.6) is 0 Å². The summed E-state index contributed by atoms with van der Waals surface area (Å²) >= 11 is 0. The molecule has 0 fully saturated rings. The van der Waals surface area contributed by atoms with Gasteiger partial charge in [-0.25, -0.2) is 0 Å². The maximum absolute atomic E-state index is 13.2. The molecule has 21 nitrogen and oxygen atoms in total. The lowest BCUT2D eigenvalue weighted by Gasteiger charge is -2.31. The molecule has 386 valence electrons. The van der Waals surface area contributed by atoms with Crippen molar-refractivity contribution in [2.24, 2.45) is 0 Å². The Kier molecular flexibility index (Phi) is 31.3. The Morgan fingerprint density at radius 3 is 0.833 bits per heavy atom. The van der Waals surface area contributed by atoms with E-state index in [-0.39, 0.29) is 72.0 Å². The van der Waals surface area contributed by atoms with Crippen molar-refractivity contribution in [1.82, 2.24) is 19.6 Å². The van der Waals surface area contributed by atoms with Crippen LogP contribution in [0.3, 0.4) is 0 Å². The average Bonchev–Trinajstić information content (AvgIpc) is 3.12.